The number of ether oxygens (including phenoxy) is 1. The molecule has 0 aliphatic rings. The van der Waals surface area contributed by atoms with E-state index < -0.39 is 0 Å². The number of unbranched alkanes of at least 4 members (excludes halogenated alkanes) is 3. The van der Waals surface area contributed by atoms with Gasteiger partial charge < -0.3 is 4.74 Å². The fraction of sp³-hybridized carbons (Fsp3) is 0.412. The number of carbonyl (C=O) groups excluding carboxylic acids is 1. The van der Waals surface area contributed by atoms with Crippen LogP contribution in [0.15, 0.2) is 30.5 Å². The molecule has 0 saturated heterocycles. The van der Waals surface area contributed by atoms with Crippen LogP contribution >= 0.6 is 0 Å². The predicted molar refractivity (Wildman–Crippen MR) is 80.9 cm³/mol. The molecule has 0 aliphatic heterocycles. The second kappa shape index (κ2) is 7.04. The highest BCUT2D eigenvalue weighted by molar-refractivity contribution is 6.02. The first-order valence-electron chi connectivity index (χ1n) is 7.22. The van der Waals surface area contributed by atoms with E-state index in [0.717, 1.165) is 17.3 Å². The Labute approximate surface area is 120 Å². The van der Waals surface area contributed by atoms with Crippen molar-refractivity contribution in [2.75, 3.05) is 7.11 Å². The maximum atomic E-state index is 11.7. The van der Waals surface area contributed by atoms with Crippen molar-refractivity contribution in [1.29, 1.82) is 0 Å². The van der Waals surface area contributed by atoms with Crippen molar-refractivity contribution in [3.63, 3.8) is 0 Å². The summed E-state index contributed by atoms with van der Waals surface area (Å²) in [6, 6.07) is 7.74. The minimum Gasteiger partial charge on any atom is -0.465 e. The molecule has 0 N–H and O–H groups in total. The molecule has 1 aromatic carbocycles. The molecule has 20 heavy (non-hydrogen) atoms. The Balaban J connectivity index is 2.20. The molecule has 3 nitrogen and oxygen atoms in total. The van der Waals surface area contributed by atoms with Gasteiger partial charge in [0.15, 0.2) is 0 Å². The SMILES string of the molecule is CCCCCCc1cnc2c(C(=O)OC)cccc2c1. The van der Waals surface area contributed by atoms with E-state index in [1.54, 1.807) is 6.07 Å². The van der Waals surface area contributed by atoms with Gasteiger partial charge in [0.25, 0.3) is 0 Å². The summed E-state index contributed by atoms with van der Waals surface area (Å²) in [5, 5.41) is 1.00. The summed E-state index contributed by atoms with van der Waals surface area (Å²) in [5.74, 6) is -0.334. The van der Waals surface area contributed by atoms with Crippen LogP contribution in [-0.4, -0.2) is 18.1 Å². The molecule has 106 valence electrons. The molecule has 1 heterocycles. The Morgan fingerprint density at radius 2 is 2.10 bits per heavy atom. The molecular weight excluding hydrogens is 250 g/mol. The number of aromatic nitrogens is 1. The summed E-state index contributed by atoms with van der Waals surface area (Å²) in [6.45, 7) is 2.21. The third-order valence-corrected chi connectivity index (χ3v) is 3.49. The molecule has 0 spiro atoms. The molecule has 0 radical (unpaired) electrons. The minimum absolute atomic E-state index is 0.334. The van der Waals surface area contributed by atoms with Gasteiger partial charge in [-0.15, -0.1) is 0 Å². The molecule has 3 heteroatoms. The molecule has 0 unspecified atom stereocenters. The van der Waals surface area contributed by atoms with E-state index in [4.69, 9.17) is 4.74 Å². The Morgan fingerprint density at radius 1 is 1.25 bits per heavy atom. The smallest absolute Gasteiger partial charge is 0.340 e. The zero-order valence-electron chi connectivity index (χ0n) is 12.2. The van der Waals surface area contributed by atoms with Gasteiger partial charge in [-0.1, -0.05) is 38.3 Å². The summed E-state index contributed by atoms with van der Waals surface area (Å²) >= 11 is 0. The topological polar surface area (TPSA) is 39.2 Å². The lowest BCUT2D eigenvalue weighted by Crippen LogP contribution is -2.03. The van der Waals surface area contributed by atoms with E-state index in [0.29, 0.717) is 5.56 Å². The normalized spacial score (nSPS) is 10.7. The lowest BCUT2D eigenvalue weighted by Gasteiger charge is -2.06. The maximum Gasteiger partial charge on any atom is 0.340 e. The molecular formula is C17H21NO2. The Bertz CT molecular complexity index is 593. The number of benzene rings is 1. The number of esters is 1. The first kappa shape index (κ1) is 14.5. The third kappa shape index (κ3) is 3.35. The second-order valence-corrected chi connectivity index (χ2v) is 5.02. The molecule has 0 atom stereocenters. The fourth-order valence-corrected chi connectivity index (χ4v) is 2.37. The van der Waals surface area contributed by atoms with Crippen molar-refractivity contribution in [2.45, 2.75) is 39.0 Å². The van der Waals surface area contributed by atoms with Gasteiger partial charge in [-0.3, -0.25) is 4.98 Å². The molecule has 2 rings (SSSR count). The van der Waals surface area contributed by atoms with Gasteiger partial charge in [0.1, 0.15) is 0 Å². The number of nitrogens with zero attached hydrogens (tertiary/aromatic N) is 1. The average molecular weight is 271 g/mol. The van der Waals surface area contributed by atoms with Gasteiger partial charge in [0.05, 0.1) is 18.2 Å². The zero-order valence-corrected chi connectivity index (χ0v) is 12.2. The standard InChI is InChI=1S/C17H21NO2/c1-3-4-5-6-8-13-11-14-9-7-10-15(17(19)20-2)16(14)18-12-13/h7,9-12H,3-6,8H2,1-2H3. The van der Waals surface area contributed by atoms with Crippen molar-refractivity contribution in [2.24, 2.45) is 0 Å². The van der Waals surface area contributed by atoms with Crippen molar-refractivity contribution in [1.82, 2.24) is 4.98 Å². The lowest BCUT2D eigenvalue weighted by molar-refractivity contribution is 0.0603. The predicted octanol–water partition coefficient (Wildman–Crippen LogP) is 4.14. The van der Waals surface area contributed by atoms with Gasteiger partial charge in [-0.25, -0.2) is 4.79 Å². The molecule has 2 aromatic rings. The number of carbonyl (C=O) groups is 1. The summed E-state index contributed by atoms with van der Waals surface area (Å²) in [5.41, 5.74) is 2.48. The minimum atomic E-state index is -0.334. The van der Waals surface area contributed by atoms with E-state index >= 15 is 0 Å². The van der Waals surface area contributed by atoms with E-state index in [1.807, 2.05) is 18.3 Å². The number of hydrogen-bond donors (Lipinski definition) is 0. The number of hydrogen-bond acceptors (Lipinski definition) is 3. The van der Waals surface area contributed by atoms with E-state index in [9.17, 15) is 4.79 Å². The quantitative estimate of drug-likeness (QED) is 0.585. The van der Waals surface area contributed by atoms with Gasteiger partial charge in [-0.2, -0.15) is 0 Å². The molecule has 0 aliphatic carbocycles. The second-order valence-electron chi connectivity index (χ2n) is 5.02. The van der Waals surface area contributed by atoms with Gasteiger partial charge in [-0.05, 0) is 30.5 Å². The number of rotatable bonds is 6. The van der Waals surface area contributed by atoms with Crippen molar-refractivity contribution in [3.05, 3.63) is 41.6 Å². The van der Waals surface area contributed by atoms with Crippen molar-refractivity contribution in [3.8, 4) is 0 Å². The zero-order chi connectivity index (χ0) is 14.4. The van der Waals surface area contributed by atoms with Crippen LogP contribution in [0.2, 0.25) is 0 Å². The van der Waals surface area contributed by atoms with Crippen LogP contribution in [0, 0.1) is 0 Å². The van der Waals surface area contributed by atoms with Gasteiger partial charge in [0, 0.05) is 11.6 Å². The first-order valence-corrected chi connectivity index (χ1v) is 7.22. The molecule has 0 amide bonds. The van der Waals surface area contributed by atoms with Crippen LogP contribution in [0.1, 0.15) is 48.5 Å². The monoisotopic (exact) mass is 271 g/mol. The highest BCUT2D eigenvalue weighted by atomic mass is 16.5. The molecule has 0 fully saturated rings. The molecule has 1 aromatic heterocycles. The van der Waals surface area contributed by atoms with Gasteiger partial charge in [0.2, 0.25) is 0 Å². The van der Waals surface area contributed by atoms with Crippen LogP contribution in [0.5, 0.6) is 0 Å². The summed E-state index contributed by atoms with van der Waals surface area (Å²) < 4.78 is 4.79. The number of pyridine rings is 1. The highest BCUT2D eigenvalue weighted by Gasteiger charge is 2.11. The number of fused-ring (bicyclic) bond motifs is 1. The summed E-state index contributed by atoms with van der Waals surface area (Å²) in [7, 11) is 1.39. The summed E-state index contributed by atoms with van der Waals surface area (Å²) in [4.78, 5) is 16.1. The molecule has 0 saturated carbocycles. The van der Waals surface area contributed by atoms with E-state index in [2.05, 4.69) is 18.0 Å². The van der Waals surface area contributed by atoms with Crippen molar-refractivity contribution < 1.29 is 9.53 Å². The van der Waals surface area contributed by atoms with Crippen LogP contribution in [0.4, 0.5) is 0 Å². The van der Waals surface area contributed by atoms with Crippen LogP contribution in [0.25, 0.3) is 10.9 Å². The maximum absolute atomic E-state index is 11.7. The fourth-order valence-electron chi connectivity index (χ4n) is 2.37. The number of methoxy groups -OCH3 is 1. The van der Waals surface area contributed by atoms with E-state index in [-0.39, 0.29) is 5.97 Å². The van der Waals surface area contributed by atoms with Crippen LogP contribution in [0.3, 0.4) is 0 Å². The van der Waals surface area contributed by atoms with Crippen LogP contribution < -0.4 is 0 Å². The number of aryl methyl sites for hydroxylation is 1. The third-order valence-electron chi connectivity index (χ3n) is 3.49. The van der Waals surface area contributed by atoms with Gasteiger partial charge >= 0.3 is 5.97 Å². The Hall–Kier alpha value is -1.90. The Morgan fingerprint density at radius 3 is 2.85 bits per heavy atom. The lowest BCUT2D eigenvalue weighted by atomic mass is 10.0. The average Bonchev–Trinajstić information content (AvgIpc) is 2.50. The first-order chi connectivity index (χ1) is 9.76. The van der Waals surface area contributed by atoms with Crippen molar-refractivity contribution >= 4 is 16.9 Å². The largest absolute Gasteiger partial charge is 0.465 e. The highest BCUT2D eigenvalue weighted by Crippen LogP contribution is 2.19. The van der Waals surface area contributed by atoms with E-state index in [1.165, 1.54) is 38.4 Å². The Kier molecular flexibility index (Phi) is 5.10. The summed E-state index contributed by atoms with van der Waals surface area (Å²) in [6.07, 6.45) is 7.91. The van der Waals surface area contributed by atoms with Crippen LogP contribution in [-0.2, 0) is 11.2 Å². The molecule has 0 bridgehead atoms. The number of para-hydroxylation sites is 1.